The lowest BCUT2D eigenvalue weighted by atomic mass is 9.96. The van der Waals surface area contributed by atoms with Crippen LogP contribution in [0.15, 0.2) is 84.9 Å². The molecule has 0 radical (unpaired) electrons. The molecule has 0 fully saturated rings. The van der Waals surface area contributed by atoms with E-state index in [2.05, 4.69) is 98.8 Å². The van der Waals surface area contributed by atoms with Crippen molar-refractivity contribution >= 4 is 11.4 Å². The first-order valence-corrected chi connectivity index (χ1v) is 18.4. The van der Waals surface area contributed by atoms with Crippen molar-refractivity contribution in [3.63, 3.8) is 0 Å². The standard InChI is InChI=1S/C44H60N2/c1-3-5-7-9-11-13-15-41-33-39(27-29-43(41)45)31-37-23-19-35(20-24-37)17-18-36-21-25-38(26-22-36)32-40-28-30-44(46)42(34-40)16-14-12-10-8-6-4-2/h19-30,33-34H,3-18,31-32,45-46H2,1-2H3. The molecule has 0 aliphatic heterocycles. The van der Waals surface area contributed by atoms with E-state index < -0.39 is 0 Å². The van der Waals surface area contributed by atoms with Crippen molar-refractivity contribution < 1.29 is 0 Å². The normalized spacial score (nSPS) is 11.3. The summed E-state index contributed by atoms with van der Waals surface area (Å²) in [5.41, 5.74) is 25.4. The van der Waals surface area contributed by atoms with Gasteiger partial charge in [0.2, 0.25) is 0 Å². The Labute approximate surface area is 281 Å². The lowest BCUT2D eigenvalue weighted by Gasteiger charge is -2.10. The van der Waals surface area contributed by atoms with E-state index in [1.54, 1.807) is 0 Å². The van der Waals surface area contributed by atoms with Crippen LogP contribution in [-0.4, -0.2) is 0 Å². The Morgan fingerprint density at radius 1 is 0.348 bits per heavy atom. The largest absolute Gasteiger partial charge is 0.399 e. The average molecular weight is 617 g/mol. The number of nitrogen functional groups attached to an aromatic ring is 2. The second-order valence-corrected chi connectivity index (χ2v) is 13.6. The maximum atomic E-state index is 6.32. The van der Waals surface area contributed by atoms with Gasteiger partial charge in [-0.05, 0) is 108 Å². The van der Waals surface area contributed by atoms with Gasteiger partial charge in [-0.3, -0.25) is 0 Å². The van der Waals surface area contributed by atoms with Crippen LogP contribution >= 0.6 is 0 Å². The van der Waals surface area contributed by atoms with Gasteiger partial charge in [0.05, 0.1) is 0 Å². The molecule has 0 atom stereocenters. The zero-order valence-electron chi connectivity index (χ0n) is 29.0. The van der Waals surface area contributed by atoms with Crippen LogP contribution in [0.25, 0.3) is 0 Å². The zero-order valence-corrected chi connectivity index (χ0v) is 29.0. The summed E-state index contributed by atoms with van der Waals surface area (Å²) in [4.78, 5) is 0. The van der Waals surface area contributed by atoms with E-state index in [1.165, 1.54) is 122 Å². The van der Waals surface area contributed by atoms with E-state index in [-0.39, 0.29) is 0 Å². The van der Waals surface area contributed by atoms with Crippen molar-refractivity contribution in [2.75, 3.05) is 11.5 Å². The Morgan fingerprint density at radius 2 is 0.674 bits per heavy atom. The highest BCUT2D eigenvalue weighted by Gasteiger charge is 2.06. The fraction of sp³-hybridized carbons (Fsp3) is 0.455. The predicted molar refractivity (Wildman–Crippen MR) is 202 cm³/mol. The van der Waals surface area contributed by atoms with Gasteiger partial charge in [0.25, 0.3) is 0 Å². The third-order valence-corrected chi connectivity index (χ3v) is 9.58. The van der Waals surface area contributed by atoms with Gasteiger partial charge < -0.3 is 11.5 Å². The van der Waals surface area contributed by atoms with Crippen LogP contribution in [0.1, 0.15) is 135 Å². The van der Waals surface area contributed by atoms with Gasteiger partial charge in [-0.15, -0.1) is 0 Å². The van der Waals surface area contributed by atoms with Crippen LogP contribution in [0.4, 0.5) is 11.4 Å². The molecule has 0 saturated heterocycles. The monoisotopic (exact) mass is 616 g/mol. The van der Waals surface area contributed by atoms with Crippen LogP contribution in [0, 0.1) is 0 Å². The molecule has 4 aromatic carbocycles. The summed E-state index contributed by atoms with van der Waals surface area (Å²) >= 11 is 0. The van der Waals surface area contributed by atoms with Gasteiger partial charge in [-0.2, -0.15) is 0 Å². The van der Waals surface area contributed by atoms with E-state index in [0.29, 0.717) is 0 Å². The molecule has 0 aliphatic rings. The highest BCUT2D eigenvalue weighted by molar-refractivity contribution is 5.50. The minimum atomic E-state index is 0.943. The molecule has 2 nitrogen and oxygen atoms in total. The molecule has 0 bridgehead atoms. The molecule has 4 aromatic rings. The van der Waals surface area contributed by atoms with Crippen molar-refractivity contribution in [1.29, 1.82) is 0 Å². The molecule has 0 aliphatic carbocycles. The molecule has 0 heterocycles. The number of anilines is 2. The number of nitrogens with two attached hydrogens (primary N) is 2. The molecule has 0 spiro atoms. The van der Waals surface area contributed by atoms with Crippen LogP contribution in [0.2, 0.25) is 0 Å². The van der Waals surface area contributed by atoms with Gasteiger partial charge in [0.1, 0.15) is 0 Å². The van der Waals surface area contributed by atoms with E-state index >= 15 is 0 Å². The zero-order chi connectivity index (χ0) is 32.4. The Kier molecular flexibility index (Phi) is 15.3. The molecule has 246 valence electrons. The topological polar surface area (TPSA) is 52.0 Å². The van der Waals surface area contributed by atoms with Crippen LogP contribution in [0.3, 0.4) is 0 Å². The van der Waals surface area contributed by atoms with Crippen LogP contribution in [-0.2, 0) is 38.5 Å². The second kappa shape index (κ2) is 19.9. The molecule has 0 aromatic heterocycles. The number of rotatable bonds is 21. The smallest absolute Gasteiger partial charge is 0.0346 e. The number of unbranched alkanes of at least 4 members (excludes halogenated alkanes) is 10. The lowest BCUT2D eigenvalue weighted by molar-refractivity contribution is 0.608. The first-order valence-electron chi connectivity index (χ1n) is 18.4. The Balaban J connectivity index is 1.21. The summed E-state index contributed by atoms with van der Waals surface area (Å²) in [6, 6.07) is 31.7. The van der Waals surface area contributed by atoms with Crippen LogP contribution < -0.4 is 11.5 Å². The molecule has 0 saturated carbocycles. The molecule has 2 heteroatoms. The average Bonchev–Trinajstić information content (AvgIpc) is 3.07. The van der Waals surface area contributed by atoms with Gasteiger partial charge in [-0.25, -0.2) is 0 Å². The Bertz CT molecular complexity index is 1310. The minimum absolute atomic E-state index is 0.943. The first kappa shape index (κ1) is 35.3. The SMILES string of the molecule is CCCCCCCCc1cc(Cc2ccc(CCc3ccc(Cc4ccc(N)c(CCCCCCCC)c4)cc3)cc2)ccc1N. The number of hydrogen-bond donors (Lipinski definition) is 2. The van der Waals surface area contributed by atoms with Crippen molar-refractivity contribution in [2.24, 2.45) is 0 Å². The van der Waals surface area contributed by atoms with E-state index in [0.717, 1.165) is 49.9 Å². The minimum Gasteiger partial charge on any atom is -0.399 e. The fourth-order valence-electron chi connectivity index (χ4n) is 6.57. The number of hydrogen-bond acceptors (Lipinski definition) is 2. The Morgan fingerprint density at radius 3 is 1.07 bits per heavy atom. The molecule has 4 N–H and O–H groups in total. The van der Waals surface area contributed by atoms with Gasteiger partial charge in [-0.1, -0.05) is 151 Å². The summed E-state index contributed by atoms with van der Waals surface area (Å²) in [5.74, 6) is 0. The first-order chi connectivity index (χ1) is 22.5. The molecular formula is C44H60N2. The molecule has 0 amide bonds. The van der Waals surface area contributed by atoms with Crippen molar-refractivity contribution in [3.8, 4) is 0 Å². The van der Waals surface area contributed by atoms with Crippen LogP contribution in [0.5, 0.6) is 0 Å². The van der Waals surface area contributed by atoms with Gasteiger partial charge in [0.15, 0.2) is 0 Å². The van der Waals surface area contributed by atoms with E-state index in [4.69, 9.17) is 11.5 Å². The van der Waals surface area contributed by atoms with Gasteiger partial charge in [0, 0.05) is 11.4 Å². The van der Waals surface area contributed by atoms with E-state index in [1.807, 2.05) is 0 Å². The summed E-state index contributed by atoms with van der Waals surface area (Å²) in [6.45, 7) is 4.55. The van der Waals surface area contributed by atoms with Crippen molar-refractivity contribution in [1.82, 2.24) is 0 Å². The third-order valence-electron chi connectivity index (χ3n) is 9.58. The maximum Gasteiger partial charge on any atom is 0.0346 e. The molecule has 0 unspecified atom stereocenters. The number of aryl methyl sites for hydroxylation is 4. The second-order valence-electron chi connectivity index (χ2n) is 13.6. The molecule has 4 rings (SSSR count). The quantitative estimate of drug-likeness (QED) is 0.0723. The molecule has 46 heavy (non-hydrogen) atoms. The number of benzene rings is 4. The lowest BCUT2D eigenvalue weighted by Crippen LogP contribution is -1.98. The highest BCUT2D eigenvalue weighted by atomic mass is 14.6. The summed E-state index contributed by atoms with van der Waals surface area (Å²) in [7, 11) is 0. The predicted octanol–water partition coefficient (Wildman–Crippen LogP) is 11.6. The van der Waals surface area contributed by atoms with Crippen molar-refractivity contribution in [3.05, 3.63) is 129 Å². The summed E-state index contributed by atoms with van der Waals surface area (Å²) in [6.07, 6.45) is 22.0. The Hall–Kier alpha value is -3.52. The summed E-state index contributed by atoms with van der Waals surface area (Å²) in [5, 5.41) is 0. The summed E-state index contributed by atoms with van der Waals surface area (Å²) < 4.78 is 0. The van der Waals surface area contributed by atoms with Crippen molar-refractivity contribution in [2.45, 2.75) is 129 Å². The maximum absolute atomic E-state index is 6.32. The highest BCUT2D eigenvalue weighted by Crippen LogP contribution is 2.22. The van der Waals surface area contributed by atoms with E-state index in [9.17, 15) is 0 Å². The molecular weight excluding hydrogens is 556 g/mol. The third kappa shape index (κ3) is 12.3. The fourth-order valence-corrected chi connectivity index (χ4v) is 6.57. The van der Waals surface area contributed by atoms with Gasteiger partial charge >= 0.3 is 0 Å².